The Morgan fingerprint density at radius 1 is 1.53 bits per heavy atom. The van der Waals surface area contributed by atoms with Crippen LogP contribution < -0.4 is 5.32 Å². The molecule has 1 aromatic rings. The fraction of sp³-hybridized carbons (Fsp3) is 0.692. The predicted octanol–water partition coefficient (Wildman–Crippen LogP) is 2.87. The van der Waals surface area contributed by atoms with Gasteiger partial charge in [0, 0.05) is 11.5 Å². The normalized spacial score (nSPS) is 23.4. The summed E-state index contributed by atoms with van der Waals surface area (Å²) in [4.78, 5) is 12.3. The number of nitrogens with zero attached hydrogens (tertiary/aromatic N) is 1. The van der Waals surface area contributed by atoms with Crippen molar-refractivity contribution < 1.29 is 4.79 Å². The van der Waals surface area contributed by atoms with Crippen LogP contribution in [0.25, 0.3) is 0 Å². The third-order valence-electron chi connectivity index (χ3n) is 3.90. The number of carbonyl (C=O) groups is 1. The third-order valence-corrected chi connectivity index (χ3v) is 3.90. The van der Waals surface area contributed by atoms with Gasteiger partial charge in [-0.3, -0.25) is 9.89 Å². The molecule has 1 saturated carbocycles. The molecule has 1 fully saturated rings. The van der Waals surface area contributed by atoms with Crippen molar-refractivity contribution in [3.63, 3.8) is 0 Å². The fourth-order valence-corrected chi connectivity index (χ4v) is 2.66. The van der Waals surface area contributed by atoms with Gasteiger partial charge in [-0.2, -0.15) is 5.10 Å². The minimum absolute atomic E-state index is 0.107. The number of anilines is 1. The van der Waals surface area contributed by atoms with Crippen LogP contribution in [0.3, 0.4) is 0 Å². The van der Waals surface area contributed by atoms with Gasteiger partial charge in [-0.05, 0) is 25.2 Å². The zero-order valence-electron chi connectivity index (χ0n) is 10.8. The van der Waals surface area contributed by atoms with Crippen LogP contribution in [0.5, 0.6) is 0 Å². The first kappa shape index (κ1) is 12.1. The van der Waals surface area contributed by atoms with Gasteiger partial charge in [0.1, 0.15) is 5.82 Å². The Morgan fingerprint density at radius 3 is 2.88 bits per heavy atom. The van der Waals surface area contributed by atoms with Crippen molar-refractivity contribution in [2.24, 2.45) is 11.3 Å². The SMILES string of the molecule is Cc1cn[nH]c1NC(=O)C1CCCCC1(C)C. The van der Waals surface area contributed by atoms with E-state index >= 15 is 0 Å². The topological polar surface area (TPSA) is 57.8 Å². The third kappa shape index (κ3) is 2.51. The van der Waals surface area contributed by atoms with Gasteiger partial charge in [0.2, 0.25) is 5.91 Å². The quantitative estimate of drug-likeness (QED) is 0.828. The Hall–Kier alpha value is -1.32. The number of hydrogen-bond acceptors (Lipinski definition) is 2. The van der Waals surface area contributed by atoms with E-state index in [2.05, 4.69) is 29.4 Å². The second-order valence-corrected chi connectivity index (χ2v) is 5.70. The molecule has 1 aliphatic carbocycles. The van der Waals surface area contributed by atoms with Crippen LogP contribution in [-0.4, -0.2) is 16.1 Å². The van der Waals surface area contributed by atoms with Gasteiger partial charge < -0.3 is 5.32 Å². The summed E-state index contributed by atoms with van der Waals surface area (Å²) >= 11 is 0. The van der Waals surface area contributed by atoms with Crippen molar-refractivity contribution >= 4 is 11.7 Å². The largest absolute Gasteiger partial charge is 0.311 e. The van der Waals surface area contributed by atoms with Crippen molar-refractivity contribution in [3.05, 3.63) is 11.8 Å². The van der Waals surface area contributed by atoms with Crippen LogP contribution in [0.15, 0.2) is 6.20 Å². The van der Waals surface area contributed by atoms with Crippen molar-refractivity contribution in [1.29, 1.82) is 0 Å². The first-order chi connectivity index (χ1) is 8.00. The molecular formula is C13H21N3O. The van der Waals surface area contributed by atoms with E-state index < -0.39 is 0 Å². The highest BCUT2D eigenvalue weighted by atomic mass is 16.2. The molecule has 0 spiro atoms. The lowest BCUT2D eigenvalue weighted by molar-refractivity contribution is -0.124. The molecule has 1 atom stereocenters. The summed E-state index contributed by atoms with van der Waals surface area (Å²) in [6, 6.07) is 0. The van der Waals surface area contributed by atoms with Gasteiger partial charge in [0.15, 0.2) is 0 Å². The molecule has 2 N–H and O–H groups in total. The molecule has 1 heterocycles. The van der Waals surface area contributed by atoms with Gasteiger partial charge in [-0.1, -0.05) is 26.7 Å². The fourth-order valence-electron chi connectivity index (χ4n) is 2.66. The molecule has 1 unspecified atom stereocenters. The lowest BCUT2D eigenvalue weighted by Crippen LogP contribution is -2.37. The number of amides is 1. The van der Waals surface area contributed by atoms with Gasteiger partial charge in [-0.25, -0.2) is 0 Å². The van der Waals surface area contributed by atoms with E-state index in [0.29, 0.717) is 0 Å². The molecular weight excluding hydrogens is 214 g/mol. The second-order valence-electron chi connectivity index (χ2n) is 5.70. The Morgan fingerprint density at radius 2 is 2.29 bits per heavy atom. The van der Waals surface area contributed by atoms with Crippen LogP contribution >= 0.6 is 0 Å². The van der Waals surface area contributed by atoms with Crippen LogP contribution in [-0.2, 0) is 4.79 Å². The molecule has 4 heteroatoms. The number of hydrogen-bond donors (Lipinski definition) is 2. The van der Waals surface area contributed by atoms with Crippen molar-refractivity contribution in [1.82, 2.24) is 10.2 Å². The highest BCUT2D eigenvalue weighted by molar-refractivity contribution is 5.92. The van der Waals surface area contributed by atoms with Gasteiger partial charge in [-0.15, -0.1) is 0 Å². The summed E-state index contributed by atoms with van der Waals surface area (Å²) in [6.45, 7) is 6.32. The van der Waals surface area contributed by atoms with E-state index in [9.17, 15) is 4.79 Å². The van der Waals surface area contributed by atoms with Crippen LogP contribution in [0.4, 0.5) is 5.82 Å². The minimum atomic E-state index is 0.107. The van der Waals surface area contributed by atoms with Crippen molar-refractivity contribution in [2.45, 2.75) is 46.5 Å². The lowest BCUT2D eigenvalue weighted by Gasteiger charge is -2.37. The van der Waals surface area contributed by atoms with E-state index in [4.69, 9.17) is 0 Å². The highest BCUT2D eigenvalue weighted by Crippen LogP contribution is 2.41. The average molecular weight is 235 g/mol. The van der Waals surface area contributed by atoms with E-state index in [1.807, 2.05) is 6.92 Å². The maximum Gasteiger partial charge on any atom is 0.229 e. The zero-order chi connectivity index (χ0) is 12.5. The molecule has 0 radical (unpaired) electrons. The average Bonchev–Trinajstić information content (AvgIpc) is 2.63. The lowest BCUT2D eigenvalue weighted by atomic mass is 9.68. The first-order valence-electron chi connectivity index (χ1n) is 6.31. The molecule has 0 aliphatic heterocycles. The zero-order valence-corrected chi connectivity index (χ0v) is 10.8. The van der Waals surface area contributed by atoms with E-state index in [1.54, 1.807) is 6.20 Å². The van der Waals surface area contributed by atoms with Gasteiger partial charge >= 0.3 is 0 Å². The molecule has 1 amide bonds. The maximum atomic E-state index is 12.3. The second kappa shape index (κ2) is 4.51. The number of nitrogens with one attached hydrogen (secondary N) is 2. The Labute approximate surface area is 102 Å². The molecule has 2 rings (SSSR count). The van der Waals surface area contributed by atoms with Gasteiger partial charge in [0.05, 0.1) is 6.20 Å². The van der Waals surface area contributed by atoms with E-state index in [0.717, 1.165) is 30.6 Å². The monoisotopic (exact) mass is 235 g/mol. The number of aromatic nitrogens is 2. The summed E-state index contributed by atoms with van der Waals surface area (Å²) in [5.41, 5.74) is 1.09. The van der Waals surface area contributed by atoms with Crippen LogP contribution in [0.1, 0.15) is 45.1 Å². The molecule has 4 nitrogen and oxygen atoms in total. The maximum absolute atomic E-state index is 12.3. The summed E-state index contributed by atoms with van der Waals surface area (Å²) < 4.78 is 0. The Balaban J connectivity index is 2.07. The summed E-state index contributed by atoms with van der Waals surface area (Å²) in [5.74, 6) is 0.970. The number of H-pyrrole nitrogens is 1. The number of aryl methyl sites for hydroxylation is 1. The highest BCUT2D eigenvalue weighted by Gasteiger charge is 2.37. The number of carbonyl (C=O) groups excluding carboxylic acids is 1. The molecule has 17 heavy (non-hydrogen) atoms. The molecule has 94 valence electrons. The molecule has 0 bridgehead atoms. The van der Waals surface area contributed by atoms with Crippen molar-refractivity contribution in [2.75, 3.05) is 5.32 Å². The predicted molar refractivity (Wildman–Crippen MR) is 67.7 cm³/mol. The van der Waals surface area contributed by atoms with E-state index in [-0.39, 0.29) is 17.2 Å². The first-order valence-corrected chi connectivity index (χ1v) is 6.31. The summed E-state index contributed by atoms with van der Waals surface area (Å²) in [7, 11) is 0. The molecule has 1 aromatic heterocycles. The standard InChI is InChI=1S/C13H21N3O/c1-9-8-14-16-11(9)15-12(17)10-6-4-5-7-13(10,2)3/h8,10H,4-7H2,1-3H3,(H2,14,15,16,17). The molecule has 0 saturated heterocycles. The Kier molecular flexibility index (Phi) is 3.22. The van der Waals surface area contributed by atoms with Gasteiger partial charge in [0.25, 0.3) is 0 Å². The molecule has 1 aliphatic rings. The number of aromatic amines is 1. The van der Waals surface area contributed by atoms with Crippen molar-refractivity contribution in [3.8, 4) is 0 Å². The number of rotatable bonds is 2. The Bertz CT molecular complexity index is 409. The minimum Gasteiger partial charge on any atom is -0.311 e. The summed E-state index contributed by atoms with van der Waals surface area (Å²) in [5, 5.41) is 9.70. The van der Waals surface area contributed by atoms with Crippen LogP contribution in [0.2, 0.25) is 0 Å². The smallest absolute Gasteiger partial charge is 0.229 e. The molecule has 0 aromatic carbocycles. The summed E-state index contributed by atoms with van der Waals surface area (Å²) in [6.07, 6.45) is 6.24. The van der Waals surface area contributed by atoms with Crippen LogP contribution in [0, 0.1) is 18.3 Å². The van der Waals surface area contributed by atoms with E-state index in [1.165, 1.54) is 6.42 Å².